The van der Waals surface area contributed by atoms with Crippen molar-refractivity contribution < 1.29 is 9.72 Å². The molecule has 1 aromatic carbocycles. The van der Waals surface area contributed by atoms with Gasteiger partial charge in [0, 0.05) is 57.0 Å². The number of hydrogen-bond acceptors (Lipinski definition) is 7. The van der Waals surface area contributed by atoms with Gasteiger partial charge in [-0.25, -0.2) is 0 Å². The molecule has 2 rings (SSSR count). The van der Waals surface area contributed by atoms with Crippen LogP contribution in [0.25, 0.3) is 0 Å². The molecule has 9 nitrogen and oxygen atoms in total. The van der Waals surface area contributed by atoms with Gasteiger partial charge >= 0.3 is 0 Å². The monoisotopic (exact) mass is 307 g/mol. The summed E-state index contributed by atoms with van der Waals surface area (Å²) >= 11 is 0. The first-order chi connectivity index (χ1) is 10.6. The average molecular weight is 307 g/mol. The van der Waals surface area contributed by atoms with Crippen molar-refractivity contribution in [2.45, 2.75) is 0 Å². The summed E-state index contributed by atoms with van der Waals surface area (Å²) in [5, 5.41) is 19.4. The molecule has 0 bridgehead atoms. The Kier molecular flexibility index (Phi) is 5.50. The van der Waals surface area contributed by atoms with Gasteiger partial charge in [-0.1, -0.05) is 0 Å². The fourth-order valence-corrected chi connectivity index (χ4v) is 2.25. The molecule has 118 valence electrons. The van der Waals surface area contributed by atoms with E-state index >= 15 is 0 Å². The van der Waals surface area contributed by atoms with Crippen LogP contribution in [-0.2, 0) is 0 Å². The Labute approximate surface area is 126 Å². The molecule has 0 aliphatic carbocycles. The first kappa shape index (κ1) is 16.0. The van der Waals surface area contributed by atoms with Crippen LogP contribution in [0.5, 0.6) is 0 Å². The zero-order chi connectivity index (χ0) is 15.9. The van der Waals surface area contributed by atoms with Crippen LogP contribution in [0.1, 0.15) is 10.4 Å². The Hall–Kier alpha value is -2.39. The van der Waals surface area contributed by atoms with E-state index in [-0.39, 0.29) is 16.9 Å². The van der Waals surface area contributed by atoms with Crippen molar-refractivity contribution >= 4 is 17.3 Å². The number of non-ortho nitro benzene ring substituents is 1. The molecule has 0 radical (unpaired) electrons. The minimum Gasteiger partial charge on any atom is -0.351 e. The second-order valence-electron chi connectivity index (χ2n) is 4.93. The van der Waals surface area contributed by atoms with E-state index in [0.29, 0.717) is 13.1 Å². The normalized spacial score (nSPS) is 15.3. The molecule has 1 saturated heterocycles. The number of benzene rings is 1. The smallest absolute Gasteiger partial charge is 0.272 e. The highest BCUT2D eigenvalue weighted by atomic mass is 16.6. The van der Waals surface area contributed by atoms with Crippen molar-refractivity contribution in [2.24, 2.45) is 5.18 Å². The molecule has 1 amide bonds. The maximum absolute atomic E-state index is 12.0. The second kappa shape index (κ2) is 7.57. The number of nitro groups is 1. The third kappa shape index (κ3) is 4.30. The van der Waals surface area contributed by atoms with Crippen molar-refractivity contribution in [1.82, 2.24) is 15.5 Å². The number of nitrogens with zero attached hydrogens (tertiary/aromatic N) is 3. The quantitative estimate of drug-likeness (QED) is 0.452. The number of nitroso groups, excluding NO2 is 1. The van der Waals surface area contributed by atoms with E-state index in [0.717, 1.165) is 38.3 Å². The van der Waals surface area contributed by atoms with E-state index in [1.807, 2.05) is 0 Å². The summed E-state index contributed by atoms with van der Waals surface area (Å²) in [6, 6.07) is 3.40. The minimum absolute atomic E-state index is 0.0594. The summed E-state index contributed by atoms with van der Waals surface area (Å²) in [6.45, 7) is 4.84. The molecule has 0 atom stereocenters. The molecule has 0 saturated carbocycles. The topological polar surface area (TPSA) is 117 Å². The average Bonchev–Trinajstić information content (AvgIpc) is 2.55. The highest BCUT2D eigenvalue weighted by Gasteiger charge is 2.15. The molecule has 0 unspecified atom stereocenters. The lowest BCUT2D eigenvalue weighted by Crippen LogP contribution is -2.46. The number of piperazine rings is 1. The van der Waals surface area contributed by atoms with E-state index in [2.05, 4.69) is 20.7 Å². The number of amides is 1. The van der Waals surface area contributed by atoms with Gasteiger partial charge in [-0.05, 0) is 11.2 Å². The Morgan fingerprint density at radius 1 is 1.36 bits per heavy atom. The number of nitrogens with one attached hydrogen (secondary N) is 2. The summed E-state index contributed by atoms with van der Waals surface area (Å²) in [6.07, 6.45) is 0. The fourth-order valence-electron chi connectivity index (χ4n) is 2.25. The fraction of sp³-hybridized carbons (Fsp3) is 0.462. The Bertz CT molecular complexity index is 572. The predicted octanol–water partition coefficient (Wildman–Crippen LogP) is 0.628. The minimum atomic E-state index is -0.661. The van der Waals surface area contributed by atoms with Gasteiger partial charge in [-0.3, -0.25) is 19.8 Å². The highest BCUT2D eigenvalue weighted by Crippen LogP contribution is 2.22. The molecule has 2 N–H and O–H groups in total. The number of carbonyl (C=O) groups excluding carboxylic acids is 1. The van der Waals surface area contributed by atoms with Gasteiger partial charge in [0.05, 0.1) is 4.92 Å². The first-order valence-corrected chi connectivity index (χ1v) is 6.94. The van der Waals surface area contributed by atoms with Crippen LogP contribution < -0.4 is 10.6 Å². The van der Waals surface area contributed by atoms with Gasteiger partial charge in [-0.15, -0.1) is 4.91 Å². The lowest BCUT2D eigenvalue weighted by molar-refractivity contribution is -0.384. The maximum atomic E-state index is 12.0. The Balaban J connectivity index is 1.95. The van der Waals surface area contributed by atoms with E-state index in [1.54, 1.807) is 0 Å². The lowest BCUT2D eigenvalue weighted by atomic mass is 10.1. The van der Waals surface area contributed by atoms with Crippen LogP contribution in [0, 0.1) is 15.0 Å². The van der Waals surface area contributed by atoms with Gasteiger partial charge in [0.2, 0.25) is 0 Å². The molecular weight excluding hydrogens is 290 g/mol. The first-order valence-electron chi connectivity index (χ1n) is 6.94. The molecule has 1 aliphatic heterocycles. The number of hydrogen-bond donors (Lipinski definition) is 2. The Morgan fingerprint density at radius 3 is 2.73 bits per heavy atom. The van der Waals surface area contributed by atoms with Crippen molar-refractivity contribution in [3.63, 3.8) is 0 Å². The SMILES string of the molecule is O=Nc1cc(C(=O)NCCN2CCNCC2)cc([N+](=O)[O-])c1. The summed E-state index contributed by atoms with van der Waals surface area (Å²) in [4.78, 5) is 34.9. The van der Waals surface area contributed by atoms with Crippen LogP contribution in [0.2, 0.25) is 0 Å². The summed E-state index contributed by atoms with van der Waals surface area (Å²) in [5.41, 5.74) is -0.407. The largest absolute Gasteiger partial charge is 0.351 e. The third-order valence-electron chi connectivity index (χ3n) is 3.40. The van der Waals surface area contributed by atoms with Gasteiger partial charge < -0.3 is 10.6 Å². The van der Waals surface area contributed by atoms with Crippen molar-refractivity contribution in [2.75, 3.05) is 39.3 Å². The van der Waals surface area contributed by atoms with Crippen LogP contribution in [0.4, 0.5) is 11.4 Å². The molecule has 9 heteroatoms. The third-order valence-corrected chi connectivity index (χ3v) is 3.40. The zero-order valence-electron chi connectivity index (χ0n) is 11.9. The van der Waals surface area contributed by atoms with Crippen molar-refractivity contribution in [1.29, 1.82) is 0 Å². The molecule has 1 aromatic rings. The van der Waals surface area contributed by atoms with Gasteiger partial charge in [-0.2, -0.15) is 0 Å². The van der Waals surface area contributed by atoms with Crippen LogP contribution in [-0.4, -0.2) is 55.0 Å². The van der Waals surface area contributed by atoms with Gasteiger partial charge in [0.1, 0.15) is 5.69 Å². The lowest BCUT2D eigenvalue weighted by Gasteiger charge is -2.27. The summed E-state index contributed by atoms with van der Waals surface area (Å²) in [5.74, 6) is -0.455. The van der Waals surface area contributed by atoms with Crippen molar-refractivity contribution in [3.8, 4) is 0 Å². The van der Waals surface area contributed by atoms with Crippen LogP contribution in [0.15, 0.2) is 23.4 Å². The molecule has 1 heterocycles. The van der Waals surface area contributed by atoms with Crippen LogP contribution in [0.3, 0.4) is 0 Å². The second-order valence-corrected chi connectivity index (χ2v) is 4.93. The highest BCUT2D eigenvalue weighted by molar-refractivity contribution is 5.95. The van der Waals surface area contributed by atoms with Gasteiger partial charge in [0.25, 0.3) is 11.6 Å². The molecule has 0 aromatic heterocycles. The maximum Gasteiger partial charge on any atom is 0.272 e. The van der Waals surface area contributed by atoms with Crippen LogP contribution >= 0.6 is 0 Å². The Morgan fingerprint density at radius 2 is 2.09 bits per heavy atom. The van der Waals surface area contributed by atoms with E-state index in [9.17, 15) is 19.8 Å². The molecule has 1 aliphatic rings. The summed E-state index contributed by atoms with van der Waals surface area (Å²) in [7, 11) is 0. The number of rotatable bonds is 6. The zero-order valence-corrected chi connectivity index (χ0v) is 11.9. The number of carbonyl (C=O) groups is 1. The van der Waals surface area contributed by atoms with E-state index in [1.165, 1.54) is 6.07 Å². The van der Waals surface area contributed by atoms with E-state index < -0.39 is 10.8 Å². The molecule has 0 spiro atoms. The van der Waals surface area contributed by atoms with E-state index in [4.69, 9.17) is 0 Å². The predicted molar refractivity (Wildman–Crippen MR) is 80.2 cm³/mol. The standard InChI is InChI=1S/C13H17N5O4/c19-13(15-3-6-17-4-1-14-2-5-17)10-7-11(16-20)9-12(8-10)18(21)22/h7-9,14H,1-6H2,(H,15,19). The number of nitro benzene ring substituents is 1. The van der Waals surface area contributed by atoms with Crippen molar-refractivity contribution in [3.05, 3.63) is 38.8 Å². The molecule has 1 fully saturated rings. The molecular formula is C13H17N5O4. The van der Waals surface area contributed by atoms with Gasteiger partial charge in [0.15, 0.2) is 0 Å². The summed E-state index contributed by atoms with van der Waals surface area (Å²) < 4.78 is 0. The molecule has 22 heavy (non-hydrogen) atoms.